The van der Waals surface area contributed by atoms with Gasteiger partial charge in [0.15, 0.2) is 5.96 Å². The molecule has 1 aromatic rings. The van der Waals surface area contributed by atoms with Gasteiger partial charge in [0.05, 0.1) is 0 Å². The molecule has 1 aromatic carbocycles. The molecule has 1 aliphatic carbocycles. The van der Waals surface area contributed by atoms with Crippen LogP contribution in [-0.4, -0.2) is 55.0 Å². The topological polar surface area (TPSA) is 30.9 Å². The molecule has 1 saturated carbocycles. The second-order valence-electron chi connectivity index (χ2n) is 6.72. The van der Waals surface area contributed by atoms with Gasteiger partial charge in [-0.05, 0) is 24.8 Å². The van der Waals surface area contributed by atoms with Gasteiger partial charge in [0.1, 0.15) is 0 Å². The van der Waals surface area contributed by atoms with Crippen molar-refractivity contribution in [2.75, 3.05) is 39.3 Å². The summed E-state index contributed by atoms with van der Waals surface area (Å²) >= 11 is 0. The summed E-state index contributed by atoms with van der Waals surface area (Å²) in [6, 6.07) is 10.8. The lowest BCUT2D eigenvalue weighted by molar-refractivity contribution is 0.172. The normalized spacial score (nSPS) is 19.0. The Morgan fingerprint density at radius 2 is 1.83 bits per heavy atom. The van der Waals surface area contributed by atoms with Crippen LogP contribution < -0.4 is 5.32 Å². The van der Waals surface area contributed by atoms with Crippen LogP contribution in [0.25, 0.3) is 0 Å². The van der Waals surface area contributed by atoms with Crippen molar-refractivity contribution >= 4 is 29.9 Å². The zero-order valence-electron chi connectivity index (χ0n) is 14.8. The Labute approximate surface area is 163 Å². The Morgan fingerprint density at radius 1 is 1.12 bits per heavy atom. The predicted molar refractivity (Wildman–Crippen MR) is 112 cm³/mol. The van der Waals surface area contributed by atoms with Crippen LogP contribution in [0.2, 0.25) is 0 Å². The minimum atomic E-state index is 0. The first-order chi connectivity index (χ1) is 11.3. The third kappa shape index (κ3) is 6.24. The molecular formula is C19H31IN4. The van der Waals surface area contributed by atoms with Gasteiger partial charge >= 0.3 is 0 Å². The monoisotopic (exact) mass is 442 g/mol. The molecule has 0 spiro atoms. The highest BCUT2D eigenvalue weighted by atomic mass is 127. The SMILES string of the molecule is CCNC(=NCCC1CC1)N1CCN(Cc2ccccc2)CC1.I. The van der Waals surface area contributed by atoms with Gasteiger partial charge in [-0.3, -0.25) is 9.89 Å². The van der Waals surface area contributed by atoms with Crippen molar-refractivity contribution in [2.45, 2.75) is 32.7 Å². The van der Waals surface area contributed by atoms with Gasteiger partial charge in [-0.25, -0.2) is 0 Å². The Hall–Kier alpha value is -0.820. The summed E-state index contributed by atoms with van der Waals surface area (Å²) in [6.07, 6.45) is 4.11. The van der Waals surface area contributed by atoms with E-state index in [9.17, 15) is 0 Å². The van der Waals surface area contributed by atoms with Crippen LogP contribution in [0.15, 0.2) is 35.3 Å². The van der Waals surface area contributed by atoms with Crippen molar-refractivity contribution in [1.29, 1.82) is 0 Å². The summed E-state index contributed by atoms with van der Waals surface area (Å²) < 4.78 is 0. The number of nitrogens with one attached hydrogen (secondary N) is 1. The minimum absolute atomic E-state index is 0. The molecule has 2 fully saturated rings. The summed E-state index contributed by atoms with van der Waals surface area (Å²) in [5, 5.41) is 3.47. The van der Waals surface area contributed by atoms with E-state index < -0.39 is 0 Å². The first kappa shape index (κ1) is 19.5. The molecule has 1 aliphatic heterocycles. The van der Waals surface area contributed by atoms with Crippen molar-refractivity contribution in [3.63, 3.8) is 0 Å². The maximum absolute atomic E-state index is 4.84. The van der Waals surface area contributed by atoms with Gasteiger partial charge in [-0.2, -0.15) is 0 Å². The fourth-order valence-electron chi connectivity index (χ4n) is 3.14. The maximum Gasteiger partial charge on any atom is 0.194 e. The lowest BCUT2D eigenvalue weighted by atomic mass is 10.2. The number of hydrogen-bond donors (Lipinski definition) is 1. The molecule has 0 radical (unpaired) electrons. The van der Waals surface area contributed by atoms with E-state index in [1.807, 2.05) is 0 Å². The number of guanidine groups is 1. The molecule has 0 atom stereocenters. The van der Waals surface area contributed by atoms with Crippen molar-refractivity contribution in [3.05, 3.63) is 35.9 Å². The summed E-state index contributed by atoms with van der Waals surface area (Å²) in [5.74, 6) is 2.08. The Kier molecular flexibility index (Phi) is 8.32. The Balaban J connectivity index is 0.00000208. The number of rotatable bonds is 6. The van der Waals surface area contributed by atoms with Gasteiger partial charge in [0.2, 0.25) is 0 Å². The van der Waals surface area contributed by atoms with E-state index in [0.29, 0.717) is 0 Å². The molecule has 3 rings (SSSR count). The highest BCUT2D eigenvalue weighted by Crippen LogP contribution is 2.32. The average Bonchev–Trinajstić information content (AvgIpc) is 3.40. The lowest BCUT2D eigenvalue weighted by Gasteiger charge is -2.36. The van der Waals surface area contributed by atoms with Gasteiger partial charge in [0, 0.05) is 45.8 Å². The van der Waals surface area contributed by atoms with E-state index in [1.165, 1.54) is 24.8 Å². The molecule has 1 N–H and O–H groups in total. The second kappa shape index (κ2) is 10.2. The Morgan fingerprint density at radius 3 is 2.46 bits per heavy atom. The highest BCUT2D eigenvalue weighted by Gasteiger charge is 2.22. The van der Waals surface area contributed by atoms with Crippen LogP contribution in [0.4, 0.5) is 0 Å². The van der Waals surface area contributed by atoms with E-state index in [-0.39, 0.29) is 24.0 Å². The van der Waals surface area contributed by atoms with E-state index in [0.717, 1.165) is 57.7 Å². The summed E-state index contributed by atoms with van der Waals surface area (Å²) in [6.45, 7) is 9.52. The summed E-state index contributed by atoms with van der Waals surface area (Å²) in [4.78, 5) is 9.81. The average molecular weight is 442 g/mol. The lowest BCUT2D eigenvalue weighted by Crippen LogP contribution is -2.52. The van der Waals surface area contributed by atoms with Crippen molar-refractivity contribution in [2.24, 2.45) is 10.9 Å². The minimum Gasteiger partial charge on any atom is -0.357 e. The largest absolute Gasteiger partial charge is 0.357 e. The second-order valence-corrected chi connectivity index (χ2v) is 6.72. The number of nitrogens with zero attached hydrogens (tertiary/aromatic N) is 3. The van der Waals surface area contributed by atoms with Crippen LogP contribution in [0.1, 0.15) is 31.7 Å². The fraction of sp³-hybridized carbons (Fsp3) is 0.632. The van der Waals surface area contributed by atoms with Gasteiger partial charge < -0.3 is 10.2 Å². The van der Waals surface area contributed by atoms with Crippen LogP contribution in [0.3, 0.4) is 0 Å². The molecule has 4 nitrogen and oxygen atoms in total. The molecule has 0 aromatic heterocycles. The fourth-order valence-corrected chi connectivity index (χ4v) is 3.14. The van der Waals surface area contributed by atoms with Crippen molar-refractivity contribution in [3.8, 4) is 0 Å². The molecule has 134 valence electrons. The zero-order chi connectivity index (χ0) is 15.9. The maximum atomic E-state index is 4.84. The summed E-state index contributed by atoms with van der Waals surface area (Å²) in [7, 11) is 0. The zero-order valence-corrected chi connectivity index (χ0v) is 17.1. The van der Waals surface area contributed by atoms with E-state index in [4.69, 9.17) is 4.99 Å². The van der Waals surface area contributed by atoms with E-state index >= 15 is 0 Å². The third-order valence-corrected chi connectivity index (χ3v) is 4.75. The van der Waals surface area contributed by atoms with Crippen LogP contribution >= 0.6 is 24.0 Å². The van der Waals surface area contributed by atoms with Crippen LogP contribution in [0, 0.1) is 5.92 Å². The first-order valence-electron chi connectivity index (χ1n) is 9.14. The molecule has 0 amide bonds. The standard InChI is InChI=1S/C19H30N4.HI/c1-2-20-19(21-11-10-17-8-9-17)23-14-12-22(13-15-23)16-18-6-4-3-5-7-18;/h3-7,17H,2,8-16H2,1H3,(H,20,21);1H. The smallest absolute Gasteiger partial charge is 0.194 e. The predicted octanol–water partition coefficient (Wildman–Crippen LogP) is 3.19. The number of benzene rings is 1. The van der Waals surface area contributed by atoms with E-state index in [1.54, 1.807) is 0 Å². The molecule has 1 saturated heterocycles. The van der Waals surface area contributed by atoms with Gasteiger partial charge in [-0.15, -0.1) is 24.0 Å². The molecule has 5 heteroatoms. The molecule has 2 aliphatic rings. The first-order valence-corrected chi connectivity index (χ1v) is 9.14. The Bertz CT molecular complexity index is 493. The van der Waals surface area contributed by atoms with Crippen LogP contribution in [0.5, 0.6) is 0 Å². The van der Waals surface area contributed by atoms with Crippen molar-refractivity contribution in [1.82, 2.24) is 15.1 Å². The number of aliphatic imine (C=N–C) groups is 1. The van der Waals surface area contributed by atoms with Crippen molar-refractivity contribution < 1.29 is 0 Å². The highest BCUT2D eigenvalue weighted by molar-refractivity contribution is 14.0. The number of halogens is 1. The van der Waals surface area contributed by atoms with E-state index in [2.05, 4.69) is 52.4 Å². The molecule has 24 heavy (non-hydrogen) atoms. The molecule has 0 unspecified atom stereocenters. The van der Waals surface area contributed by atoms with Crippen LogP contribution in [-0.2, 0) is 6.54 Å². The third-order valence-electron chi connectivity index (χ3n) is 4.75. The number of hydrogen-bond acceptors (Lipinski definition) is 2. The van der Waals surface area contributed by atoms with Gasteiger partial charge in [-0.1, -0.05) is 43.2 Å². The molecule has 0 bridgehead atoms. The number of piperazine rings is 1. The van der Waals surface area contributed by atoms with Gasteiger partial charge in [0.25, 0.3) is 0 Å². The summed E-state index contributed by atoms with van der Waals surface area (Å²) in [5.41, 5.74) is 1.41. The molecule has 1 heterocycles. The quantitative estimate of drug-likeness (QED) is 0.417. The molecular weight excluding hydrogens is 411 g/mol.